The lowest BCUT2D eigenvalue weighted by Crippen LogP contribution is -2.37. The smallest absolute Gasteiger partial charge is 0.314 e. The first kappa shape index (κ1) is 15.5. The number of amides is 2. The number of rotatable bonds is 8. The van der Waals surface area contributed by atoms with Crippen molar-refractivity contribution in [2.75, 3.05) is 13.1 Å². The van der Waals surface area contributed by atoms with Crippen LogP contribution in [0.25, 0.3) is 0 Å². The van der Waals surface area contributed by atoms with Gasteiger partial charge in [0.25, 0.3) is 0 Å². The van der Waals surface area contributed by atoms with Crippen LogP contribution in [-0.4, -0.2) is 24.2 Å². The molecule has 0 aliphatic rings. The predicted molar refractivity (Wildman–Crippen MR) is 77.0 cm³/mol. The van der Waals surface area contributed by atoms with Gasteiger partial charge in [0.1, 0.15) is 0 Å². The molecule has 1 aromatic rings. The van der Waals surface area contributed by atoms with E-state index in [-0.39, 0.29) is 12.6 Å². The predicted octanol–water partition coefficient (Wildman–Crippen LogP) is 2.21. The molecule has 0 aliphatic heterocycles. The van der Waals surface area contributed by atoms with Crippen molar-refractivity contribution in [3.63, 3.8) is 0 Å². The topological polar surface area (TPSA) is 61.4 Å². The van der Waals surface area contributed by atoms with E-state index in [1.165, 1.54) is 0 Å². The Kier molecular flexibility index (Phi) is 7.66. The van der Waals surface area contributed by atoms with Crippen molar-refractivity contribution < 1.29 is 9.90 Å². The summed E-state index contributed by atoms with van der Waals surface area (Å²) in [5.74, 6) is 0. The van der Waals surface area contributed by atoms with Crippen molar-refractivity contribution in [3.05, 3.63) is 35.4 Å². The van der Waals surface area contributed by atoms with Crippen molar-refractivity contribution in [2.24, 2.45) is 0 Å². The fourth-order valence-electron chi connectivity index (χ4n) is 1.77. The molecular weight excluding hydrogens is 240 g/mol. The summed E-state index contributed by atoms with van der Waals surface area (Å²) >= 11 is 0. The molecule has 0 aromatic heterocycles. The second kappa shape index (κ2) is 9.39. The van der Waals surface area contributed by atoms with Gasteiger partial charge in [-0.2, -0.15) is 0 Å². The highest BCUT2D eigenvalue weighted by atomic mass is 16.3. The zero-order valence-corrected chi connectivity index (χ0v) is 11.6. The van der Waals surface area contributed by atoms with Crippen LogP contribution in [0.15, 0.2) is 24.3 Å². The first-order valence-corrected chi connectivity index (χ1v) is 6.96. The van der Waals surface area contributed by atoms with Gasteiger partial charge in [0.05, 0.1) is 6.61 Å². The SMILES string of the molecule is CCCCCNC(=O)NCCc1ccc(CO)cc1. The third-order valence-electron chi connectivity index (χ3n) is 2.97. The second-order valence-electron chi connectivity index (χ2n) is 4.61. The first-order chi connectivity index (χ1) is 9.26. The fraction of sp³-hybridized carbons (Fsp3) is 0.533. The molecule has 1 aromatic carbocycles. The molecule has 2 amide bonds. The number of aliphatic hydroxyl groups excluding tert-OH is 1. The number of hydrogen-bond donors (Lipinski definition) is 3. The van der Waals surface area contributed by atoms with Crippen LogP contribution in [0.5, 0.6) is 0 Å². The van der Waals surface area contributed by atoms with Crippen molar-refractivity contribution in [2.45, 2.75) is 39.2 Å². The summed E-state index contributed by atoms with van der Waals surface area (Å²) in [7, 11) is 0. The van der Waals surface area contributed by atoms with Gasteiger partial charge in [-0.1, -0.05) is 44.0 Å². The Balaban J connectivity index is 2.13. The summed E-state index contributed by atoms with van der Waals surface area (Å²) in [6.07, 6.45) is 4.14. The zero-order chi connectivity index (χ0) is 13.9. The van der Waals surface area contributed by atoms with Crippen molar-refractivity contribution in [1.82, 2.24) is 10.6 Å². The molecule has 0 atom stereocenters. The van der Waals surface area contributed by atoms with E-state index in [1.54, 1.807) is 0 Å². The van der Waals surface area contributed by atoms with Gasteiger partial charge in [0.2, 0.25) is 0 Å². The van der Waals surface area contributed by atoms with Crippen LogP contribution in [0.1, 0.15) is 37.3 Å². The fourth-order valence-corrected chi connectivity index (χ4v) is 1.77. The third kappa shape index (κ3) is 6.82. The van der Waals surface area contributed by atoms with Gasteiger partial charge in [-0.3, -0.25) is 0 Å². The Morgan fingerprint density at radius 3 is 2.32 bits per heavy atom. The van der Waals surface area contributed by atoms with Crippen LogP contribution in [0.3, 0.4) is 0 Å². The largest absolute Gasteiger partial charge is 0.392 e. The Morgan fingerprint density at radius 2 is 1.68 bits per heavy atom. The number of nitrogens with one attached hydrogen (secondary N) is 2. The maximum Gasteiger partial charge on any atom is 0.314 e. The molecule has 4 heteroatoms. The Bertz CT molecular complexity index is 363. The molecule has 3 N–H and O–H groups in total. The van der Waals surface area contributed by atoms with Crippen molar-refractivity contribution >= 4 is 6.03 Å². The summed E-state index contributed by atoms with van der Waals surface area (Å²) < 4.78 is 0. The van der Waals surface area contributed by atoms with E-state index in [0.717, 1.165) is 43.4 Å². The quantitative estimate of drug-likeness (QED) is 0.630. The molecule has 0 unspecified atom stereocenters. The molecule has 0 bridgehead atoms. The van der Waals surface area contributed by atoms with E-state index in [1.807, 2.05) is 24.3 Å². The zero-order valence-electron chi connectivity index (χ0n) is 11.6. The van der Waals surface area contributed by atoms with E-state index in [4.69, 9.17) is 5.11 Å². The summed E-state index contributed by atoms with van der Waals surface area (Å²) in [4.78, 5) is 11.4. The van der Waals surface area contributed by atoms with E-state index in [2.05, 4.69) is 17.6 Å². The molecule has 0 aliphatic carbocycles. The minimum atomic E-state index is -0.0944. The highest BCUT2D eigenvalue weighted by Gasteiger charge is 1.99. The van der Waals surface area contributed by atoms with Crippen LogP contribution >= 0.6 is 0 Å². The van der Waals surface area contributed by atoms with Crippen LogP contribution in [0.2, 0.25) is 0 Å². The lowest BCUT2D eigenvalue weighted by atomic mass is 10.1. The van der Waals surface area contributed by atoms with Crippen molar-refractivity contribution in [1.29, 1.82) is 0 Å². The summed E-state index contributed by atoms with van der Waals surface area (Å²) in [6, 6.07) is 7.67. The van der Waals surface area contributed by atoms with Crippen LogP contribution in [0.4, 0.5) is 4.79 Å². The molecule has 0 spiro atoms. The Hall–Kier alpha value is -1.55. The maximum atomic E-state index is 11.4. The molecule has 4 nitrogen and oxygen atoms in total. The average Bonchev–Trinajstić information content (AvgIpc) is 2.44. The van der Waals surface area contributed by atoms with Gasteiger partial charge in [-0.15, -0.1) is 0 Å². The van der Waals surface area contributed by atoms with Crippen LogP contribution in [-0.2, 0) is 13.0 Å². The minimum absolute atomic E-state index is 0.0682. The average molecular weight is 264 g/mol. The summed E-state index contributed by atoms with van der Waals surface area (Å²) in [5, 5.41) is 14.6. The highest BCUT2D eigenvalue weighted by molar-refractivity contribution is 5.73. The number of hydrogen-bond acceptors (Lipinski definition) is 2. The van der Waals surface area contributed by atoms with E-state index >= 15 is 0 Å². The van der Waals surface area contributed by atoms with Crippen LogP contribution < -0.4 is 10.6 Å². The standard InChI is InChI=1S/C15H24N2O2/c1-2-3-4-10-16-15(19)17-11-9-13-5-7-14(12-18)8-6-13/h5-8,18H,2-4,9-12H2,1H3,(H2,16,17,19). The molecule has 19 heavy (non-hydrogen) atoms. The lowest BCUT2D eigenvalue weighted by Gasteiger charge is -2.07. The van der Waals surface area contributed by atoms with Gasteiger partial charge in [0, 0.05) is 13.1 Å². The Labute approximate surface area is 115 Å². The van der Waals surface area contributed by atoms with E-state index in [9.17, 15) is 4.79 Å². The number of unbranched alkanes of at least 4 members (excludes halogenated alkanes) is 2. The lowest BCUT2D eigenvalue weighted by molar-refractivity contribution is 0.241. The molecule has 0 radical (unpaired) electrons. The van der Waals surface area contributed by atoms with Gasteiger partial charge >= 0.3 is 6.03 Å². The third-order valence-corrected chi connectivity index (χ3v) is 2.97. The molecule has 0 saturated carbocycles. The Morgan fingerprint density at radius 1 is 1.05 bits per heavy atom. The molecule has 0 fully saturated rings. The summed E-state index contributed by atoms with van der Waals surface area (Å²) in [5.41, 5.74) is 2.06. The molecule has 106 valence electrons. The summed E-state index contributed by atoms with van der Waals surface area (Å²) in [6.45, 7) is 3.57. The van der Waals surface area contributed by atoms with E-state index in [0.29, 0.717) is 6.54 Å². The number of carbonyl (C=O) groups is 1. The van der Waals surface area contributed by atoms with Gasteiger partial charge in [0.15, 0.2) is 0 Å². The van der Waals surface area contributed by atoms with Crippen LogP contribution in [0, 0.1) is 0 Å². The monoisotopic (exact) mass is 264 g/mol. The molecular formula is C15H24N2O2. The first-order valence-electron chi connectivity index (χ1n) is 6.96. The molecule has 1 rings (SSSR count). The second-order valence-corrected chi connectivity index (χ2v) is 4.61. The minimum Gasteiger partial charge on any atom is -0.392 e. The maximum absolute atomic E-state index is 11.4. The number of benzene rings is 1. The normalized spacial score (nSPS) is 10.2. The van der Waals surface area contributed by atoms with Gasteiger partial charge in [-0.25, -0.2) is 4.79 Å². The highest BCUT2D eigenvalue weighted by Crippen LogP contribution is 2.04. The number of carbonyl (C=O) groups excluding carboxylic acids is 1. The van der Waals surface area contributed by atoms with E-state index < -0.39 is 0 Å². The number of urea groups is 1. The van der Waals surface area contributed by atoms with Crippen molar-refractivity contribution in [3.8, 4) is 0 Å². The van der Waals surface area contributed by atoms with Gasteiger partial charge < -0.3 is 15.7 Å². The number of aliphatic hydroxyl groups is 1. The molecule has 0 heterocycles. The van der Waals surface area contributed by atoms with Gasteiger partial charge in [-0.05, 0) is 24.0 Å². The molecule has 0 saturated heterocycles.